The maximum absolute atomic E-state index is 12.0. The topological polar surface area (TPSA) is 54.0 Å². The average Bonchev–Trinajstić information content (AvgIpc) is 2.96. The van der Waals surface area contributed by atoms with Gasteiger partial charge in [-0.25, -0.2) is 9.78 Å². The second-order valence-electron chi connectivity index (χ2n) is 5.30. The van der Waals surface area contributed by atoms with Gasteiger partial charge in [0.25, 0.3) is 0 Å². The maximum atomic E-state index is 12.0. The smallest absolute Gasteiger partial charge is 0.308 e. The van der Waals surface area contributed by atoms with E-state index in [2.05, 4.69) is 47.7 Å². The highest BCUT2D eigenvalue weighted by atomic mass is 32.1. The van der Waals surface area contributed by atoms with Crippen LogP contribution in [0.4, 0.5) is 15.6 Å². The molecule has 0 saturated carbocycles. The Labute approximate surface area is 139 Å². The number of anilines is 2. The van der Waals surface area contributed by atoms with E-state index in [-0.39, 0.29) is 6.03 Å². The normalized spacial score (nSPS) is 10.3. The van der Waals surface area contributed by atoms with Crippen molar-refractivity contribution in [2.45, 2.75) is 13.8 Å². The number of nitrogens with one attached hydrogen (secondary N) is 2. The third-order valence-electron chi connectivity index (χ3n) is 3.41. The number of aryl methyl sites for hydroxylation is 2. The van der Waals surface area contributed by atoms with Crippen LogP contribution in [0, 0.1) is 13.8 Å². The van der Waals surface area contributed by atoms with E-state index < -0.39 is 0 Å². The van der Waals surface area contributed by atoms with Crippen LogP contribution >= 0.6 is 11.3 Å². The number of carbonyl (C=O) groups excluding carboxylic acids is 1. The monoisotopic (exact) mass is 323 g/mol. The summed E-state index contributed by atoms with van der Waals surface area (Å²) in [5.41, 5.74) is 5.11. The molecule has 0 saturated heterocycles. The van der Waals surface area contributed by atoms with Gasteiger partial charge in [0.2, 0.25) is 0 Å². The number of amides is 2. The van der Waals surface area contributed by atoms with E-state index in [0.29, 0.717) is 5.13 Å². The predicted molar refractivity (Wildman–Crippen MR) is 96.1 cm³/mol. The van der Waals surface area contributed by atoms with E-state index in [1.165, 1.54) is 22.5 Å². The van der Waals surface area contributed by atoms with Crippen molar-refractivity contribution in [2.75, 3.05) is 10.6 Å². The SMILES string of the molecule is Cc1ccc(-c2csc(NC(=O)Nc3ccccc3)n2)c(C)c1. The first-order valence-electron chi connectivity index (χ1n) is 7.28. The summed E-state index contributed by atoms with van der Waals surface area (Å²) in [7, 11) is 0. The van der Waals surface area contributed by atoms with Crippen molar-refractivity contribution in [1.29, 1.82) is 0 Å². The van der Waals surface area contributed by atoms with Gasteiger partial charge in [-0.2, -0.15) is 0 Å². The molecule has 2 aromatic carbocycles. The van der Waals surface area contributed by atoms with Crippen LogP contribution in [0.25, 0.3) is 11.3 Å². The van der Waals surface area contributed by atoms with Gasteiger partial charge in [-0.1, -0.05) is 42.0 Å². The summed E-state index contributed by atoms with van der Waals surface area (Å²) in [6, 6.07) is 15.3. The first-order chi connectivity index (χ1) is 11.1. The molecule has 2 amide bonds. The van der Waals surface area contributed by atoms with E-state index in [9.17, 15) is 4.79 Å². The summed E-state index contributed by atoms with van der Waals surface area (Å²) in [4.78, 5) is 16.5. The van der Waals surface area contributed by atoms with Crippen LogP contribution < -0.4 is 10.6 Å². The summed E-state index contributed by atoms with van der Waals surface area (Å²) >= 11 is 1.41. The van der Waals surface area contributed by atoms with Gasteiger partial charge in [0.1, 0.15) is 0 Å². The standard InChI is InChI=1S/C18H17N3OS/c1-12-8-9-15(13(2)10-12)16-11-23-18(20-16)21-17(22)19-14-6-4-3-5-7-14/h3-11H,1-2H3,(H2,19,20,21,22). The molecule has 0 aliphatic rings. The molecule has 1 aromatic heterocycles. The number of aromatic nitrogens is 1. The number of para-hydroxylation sites is 1. The lowest BCUT2D eigenvalue weighted by atomic mass is 10.0. The highest BCUT2D eigenvalue weighted by Gasteiger charge is 2.09. The molecule has 0 unspecified atom stereocenters. The molecule has 0 radical (unpaired) electrons. The Hall–Kier alpha value is -2.66. The van der Waals surface area contributed by atoms with Crippen LogP contribution in [0.1, 0.15) is 11.1 Å². The molecule has 0 aliphatic heterocycles. The molecular formula is C18H17N3OS. The summed E-state index contributed by atoms with van der Waals surface area (Å²) in [6.45, 7) is 4.13. The van der Waals surface area contributed by atoms with Gasteiger partial charge >= 0.3 is 6.03 Å². The Morgan fingerprint density at radius 1 is 1.04 bits per heavy atom. The minimum atomic E-state index is -0.294. The van der Waals surface area contributed by atoms with Crippen LogP contribution in [0.15, 0.2) is 53.9 Å². The zero-order chi connectivity index (χ0) is 16.2. The number of urea groups is 1. The number of hydrogen-bond acceptors (Lipinski definition) is 3. The first kappa shape index (κ1) is 15.2. The fourth-order valence-corrected chi connectivity index (χ4v) is 3.04. The second-order valence-corrected chi connectivity index (χ2v) is 6.16. The van der Waals surface area contributed by atoms with Gasteiger partial charge in [-0.3, -0.25) is 5.32 Å². The van der Waals surface area contributed by atoms with Crippen LogP contribution in [0.5, 0.6) is 0 Å². The maximum Gasteiger partial charge on any atom is 0.325 e. The molecule has 0 spiro atoms. The third-order valence-corrected chi connectivity index (χ3v) is 4.17. The van der Waals surface area contributed by atoms with Crippen molar-refractivity contribution >= 4 is 28.2 Å². The summed E-state index contributed by atoms with van der Waals surface area (Å²) in [6.07, 6.45) is 0. The first-order valence-corrected chi connectivity index (χ1v) is 8.16. The summed E-state index contributed by atoms with van der Waals surface area (Å²) < 4.78 is 0. The lowest BCUT2D eigenvalue weighted by molar-refractivity contribution is 0.262. The molecular weight excluding hydrogens is 306 g/mol. The number of nitrogens with zero attached hydrogens (tertiary/aromatic N) is 1. The van der Waals surface area contributed by atoms with Crippen molar-refractivity contribution in [3.63, 3.8) is 0 Å². The van der Waals surface area contributed by atoms with Crippen molar-refractivity contribution < 1.29 is 4.79 Å². The van der Waals surface area contributed by atoms with E-state index in [1.807, 2.05) is 35.7 Å². The molecule has 116 valence electrons. The van der Waals surface area contributed by atoms with Crippen molar-refractivity contribution in [1.82, 2.24) is 4.98 Å². The van der Waals surface area contributed by atoms with Gasteiger partial charge in [0.15, 0.2) is 5.13 Å². The van der Waals surface area contributed by atoms with E-state index in [0.717, 1.165) is 16.9 Å². The minimum absolute atomic E-state index is 0.294. The minimum Gasteiger partial charge on any atom is -0.308 e. The highest BCUT2D eigenvalue weighted by molar-refractivity contribution is 7.14. The third kappa shape index (κ3) is 3.76. The van der Waals surface area contributed by atoms with Crippen LogP contribution in [0.2, 0.25) is 0 Å². The zero-order valence-electron chi connectivity index (χ0n) is 13.0. The lowest BCUT2D eigenvalue weighted by Gasteiger charge is -2.05. The second kappa shape index (κ2) is 6.62. The number of rotatable bonds is 3. The van der Waals surface area contributed by atoms with Gasteiger partial charge in [0, 0.05) is 16.6 Å². The Morgan fingerprint density at radius 2 is 1.83 bits per heavy atom. The van der Waals surface area contributed by atoms with E-state index >= 15 is 0 Å². The molecule has 2 N–H and O–H groups in total. The van der Waals surface area contributed by atoms with Crippen LogP contribution in [0.3, 0.4) is 0 Å². The molecule has 0 bridgehead atoms. The average molecular weight is 323 g/mol. The van der Waals surface area contributed by atoms with Gasteiger partial charge in [-0.15, -0.1) is 11.3 Å². The van der Waals surface area contributed by atoms with Crippen molar-refractivity contribution in [3.05, 3.63) is 65.0 Å². The Bertz CT molecular complexity index is 827. The van der Waals surface area contributed by atoms with E-state index in [1.54, 1.807) is 0 Å². The number of benzene rings is 2. The zero-order valence-corrected chi connectivity index (χ0v) is 13.8. The number of carbonyl (C=O) groups is 1. The highest BCUT2D eigenvalue weighted by Crippen LogP contribution is 2.28. The molecule has 3 aromatic rings. The molecule has 0 aliphatic carbocycles. The molecule has 23 heavy (non-hydrogen) atoms. The van der Waals surface area contributed by atoms with Crippen molar-refractivity contribution in [3.8, 4) is 11.3 Å². The van der Waals surface area contributed by atoms with Crippen LogP contribution in [-0.2, 0) is 0 Å². The molecule has 3 rings (SSSR count). The Balaban J connectivity index is 1.71. The molecule has 4 nitrogen and oxygen atoms in total. The van der Waals surface area contributed by atoms with Gasteiger partial charge in [0.05, 0.1) is 5.69 Å². The van der Waals surface area contributed by atoms with E-state index in [4.69, 9.17) is 0 Å². The largest absolute Gasteiger partial charge is 0.325 e. The summed E-state index contributed by atoms with van der Waals surface area (Å²) in [5.74, 6) is 0. The fourth-order valence-electron chi connectivity index (χ4n) is 2.34. The Kier molecular flexibility index (Phi) is 4.39. The van der Waals surface area contributed by atoms with Crippen molar-refractivity contribution in [2.24, 2.45) is 0 Å². The molecule has 0 fully saturated rings. The Morgan fingerprint density at radius 3 is 2.57 bits per heavy atom. The van der Waals surface area contributed by atoms with Gasteiger partial charge in [-0.05, 0) is 31.5 Å². The predicted octanol–water partition coefficient (Wildman–Crippen LogP) is 5.07. The number of thiazole rings is 1. The lowest BCUT2D eigenvalue weighted by Crippen LogP contribution is -2.19. The van der Waals surface area contributed by atoms with Crippen LogP contribution in [-0.4, -0.2) is 11.0 Å². The quantitative estimate of drug-likeness (QED) is 0.707. The number of hydrogen-bond donors (Lipinski definition) is 2. The molecule has 5 heteroatoms. The van der Waals surface area contributed by atoms with Gasteiger partial charge < -0.3 is 5.32 Å². The summed E-state index contributed by atoms with van der Waals surface area (Å²) in [5, 5.41) is 8.08. The molecule has 1 heterocycles. The fraction of sp³-hybridized carbons (Fsp3) is 0.111. The molecule has 0 atom stereocenters.